The van der Waals surface area contributed by atoms with Crippen molar-refractivity contribution in [1.82, 2.24) is 0 Å². The lowest BCUT2D eigenvalue weighted by Crippen LogP contribution is -2.05. The van der Waals surface area contributed by atoms with Gasteiger partial charge in [0.25, 0.3) is 0 Å². The zero-order valence-electron chi connectivity index (χ0n) is 41.9. The molecule has 0 atom stereocenters. The monoisotopic (exact) mass is 843 g/mol. The molecule has 0 radical (unpaired) electrons. The fraction of sp³-hybridized carbons (Fsp3) is 0.948. The molecule has 358 valence electrons. The average Bonchev–Trinajstić information content (AvgIpc) is 3.25. The van der Waals surface area contributed by atoms with E-state index in [1.54, 1.807) is 0 Å². The topological polar surface area (TPSA) is 26.3 Å². The van der Waals surface area contributed by atoms with Crippen LogP contribution in [0.2, 0.25) is 0 Å². The zero-order chi connectivity index (χ0) is 43.2. The molecule has 0 spiro atoms. The van der Waals surface area contributed by atoms with Gasteiger partial charge in [-0.2, -0.15) is 0 Å². The maximum Gasteiger partial charge on any atom is 0.305 e. The predicted molar refractivity (Wildman–Crippen MR) is 272 cm³/mol. The molecular weight excluding hydrogens is 729 g/mol. The van der Waals surface area contributed by atoms with Gasteiger partial charge in [-0.25, -0.2) is 0 Å². The fourth-order valence-electron chi connectivity index (χ4n) is 9.14. The first-order valence-electron chi connectivity index (χ1n) is 28.6. The molecule has 0 aliphatic rings. The number of carbonyl (C=O) groups excluding carboxylic acids is 1. The molecule has 60 heavy (non-hydrogen) atoms. The molecule has 0 saturated carbocycles. The molecular formula is C58H114O2. The molecule has 0 aromatic carbocycles. The van der Waals surface area contributed by atoms with Crippen molar-refractivity contribution in [2.24, 2.45) is 0 Å². The fourth-order valence-corrected chi connectivity index (χ4v) is 9.14. The molecule has 0 aromatic heterocycles. The van der Waals surface area contributed by atoms with E-state index < -0.39 is 0 Å². The van der Waals surface area contributed by atoms with E-state index in [9.17, 15) is 4.79 Å². The van der Waals surface area contributed by atoms with Crippen molar-refractivity contribution in [3.05, 3.63) is 12.2 Å². The van der Waals surface area contributed by atoms with Crippen LogP contribution in [-0.2, 0) is 9.53 Å². The second-order valence-corrected chi connectivity index (χ2v) is 19.6. The van der Waals surface area contributed by atoms with Crippen molar-refractivity contribution in [1.29, 1.82) is 0 Å². The standard InChI is InChI=1S/C58H114O2/c1-3-5-7-9-11-13-15-17-19-21-23-24-25-26-27-28-29-30-31-32-33-34-35-36-37-39-41-43-45-47-49-51-53-55-57-60-58(59)56-54-52-50-48-46-44-42-40-38-22-20-18-16-14-12-10-8-6-4-2/h18,20H,3-17,19,21-57H2,1-2H3. The van der Waals surface area contributed by atoms with Crippen LogP contribution in [-0.4, -0.2) is 12.6 Å². The molecule has 0 heterocycles. The normalized spacial score (nSPS) is 11.7. The van der Waals surface area contributed by atoms with E-state index in [0.717, 1.165) is 12.8 Å². The number of allylic oxidation sites excluding steroid dienone is 2. The minimum atomic E-state index is 0.0297. The number of ether oxygens (including phenoxy) is 1. The lowest BCUT2D eigenvalue weighted by atomic mass is 10.0. The van der Waals surface area contributed by atoms with Gasteiger partial charge in [0.15, 0.2) is 0 Å². The molecule has 0 aromatic rings. The minimum absolute atomic E-state index is 0.0297. The third kappa shape index (κ3) is 55.2. The Morgan fingerprint density at radius 2 is 0.467 bits per heavy atom. The van der Waals surface area contributed by atoms with Gasteiger partial charge in [0.2, 0.25) is 0 Å². The molecule has 0 aliphatic heterocycles. The number of hydrogen-bond donors (Lipinski definition) is 0. The summed E-state index contributed by atoms with van der Waals surface area (Å²) < 4.78 is 5.50. The maximum absolute atomic E-state index is 12.1. The Kier molecular flexibility index (Phi) is 55.5. The largest absolute Gasteiger partial charge is 0.466 e. The van der Waals surface area contributed by atoms with Crippen LogP contribution in [0.25, 0.3) is 0 Å². The highest BCUT2D eigenvalue weighted by Gasteiger charge is 2.03. The maximum atomic E-state index is 12.1. The number of esters is 1. The number of carbonyl (C=O) groups is 1. The number of hydrogen-bond acceptors (Lipinski definition) is 2. The smallest absolute Gasteiger partial charge is 0.305 e. The van der Waals surface area contributed by atoms with Crippen molar-refractivity contribution >= 4 is 5.97 Å². The van der Waals surface area contributed by atoms with E-state index in [-0.39, 0.29) is 5.97 Å². The highest BCUT2D eigenvalue weighted by molar-refractivity contribution is 5.69. The van der Waals surface area contributed by atoms with Gasteiger partial charge in [0, 0.05) is 6.42 Å². The van der Waals surface area contributed by atoms with E-state index in [1.165, 1.54) is 315 Å². The van der Waals surface area contributed by atoms with Gasteiger partial charge in [-0.3, -0.25) is 4.79 Å². The van der Waals surface area contributed by atoms with Crippen molar-refractivity contribution in [3.63, 3.8) is 0 Å². The van der Waals surface area contributed by atoms with Crippen molar-refractivity contribution in [3.8, 4) is 0 Å². The summed E-state index contributed by atoms with van der Waals surface area (Å²) in [6.45, 7) is 5.23. The zero-order valence-corrected chi connectivity index (χ0v) is 41.9. The lowest BCUT2D eigenvalue weighted by Gasteiger charge is -2.06. The van der Waals surface area contributed by atoms with Crippen LogP contribution in [0, 0.1) is 0 Å². The quantitative estimate of drug-likeness (QED) is 0.0346. The molecule has 0 amide bonds. The van der Waals surface area contributed by atoms with Gasteiger partial charge in [0.1, 0.15) is 0 Å². The van der Waals surface area contributed by atoms with Crippen LogP contribution < -0.4 is 0 Å². The average molecular weight is 844 g/mol. The van der Waals surface area contributed by atoms with Gasteiger partial charge in [0.05, 0.1) is 6.61 Å². The van der Waals surface area contributed by atoms with Gasteiger partial charge in [-0.1, -0.05) is 315 Å². The summed E-state index contributed by atoms with van der Waals surface area (Å²) in [5.74, 6) is 0.0297. The summed E-state index contributed by atoms with van der Waals surface area (Å²) in [6, 6.07) is 0. The third-order valence-corrected chi connectivity index (χ3v) is 13.4. The first kappa shape index (κ1) is 59.2. The molecule has 0 bridgehead atoms. The summed E-state index contributed by atoms with van der Waals surface area (Å²) in [7, 11) is 0. The lowest BCUT2D eigenvalue weighted by molar-refractivity contribution is -0.143. The third-order valence-electron chi connectivity index (χ3n) is 13.4. The van der Waals surface area contributed by atoms with E-state index in [4.69, 9.17) is 4.74 Å². The summed E-state index contributed by atoms with van der Waals surface area (Å²) in [4.78, 5) is 12.1. The van der Waals surface area contributed by atoms with Gasteiger partial charge < -0.3 is 4.74 Å². The van der Waals surface area contributed by atoms with E-state index >= 15 is 0 Å². The Labute approximate surface area is 380 Å². The Hall–Kier alpha value is -0.790. The second-order valence-electron chi connectivity index (χ2n) is 19.6. The molecule has 2 heteroatoms. The van der Waals surface area contributed by atoms with Gasteiger partial charge in [-0.15, -0.1) is 0 Å². The van der Waals surface area contributed by atoms with Gasteiger partial charge >= 0.3 is 5.97 Å². The Morgan fingerprint density at radius 3 is 0.717 bits per heavy atom. The molecule has 0 aliphatic carbocycles. The molecule has 0 unspecified atom stereocenters. The van der Waals surface area contributed by atoms with E-state index in [1.807, 2.05) is 0 Å². The van der Waals surface area contributed by atoms with Crippen LogP contribution in [0.3, 0.4) is 0 Å². The summed E-state index contributed by atoms with van der Waals surface area (Å²) in [5.41, 5.74) is 0. The molecule has 0 N–H and O–H groups in total. The van der Waals surface area contributed by atoms with Crippen LogP contribution in [0.4, 0.5) is 0 Å². The van der Waals surface area contributed by atoms with Crippen LogP contribution >= 0.6 is 0 Å². The van der Waals surface area contributed by atoms with Crippen LogP contribution in [0.1, 0.15) is 348 Å². The van der Waals surface area contributed by atoms with Crippen molar-refractivity contribution in [2.45, 2.75) is 348 Å². The molecule has 0 fully saturated rings. The highest BCUT2D eigenvalue weighted by Crippen LogP contribution is 2.18. The summed E-state index contributed by atoms with van der Waals surface area (Å²) in [6.07, 6.45) is 76.8. The van der Waals surface area contributed by atoms with E-state index in [0.29, 0.717) is 13.0 Å². The first-order valence-corrected chi connectivity index (χ1v) is 28.6. The Morgan fingerprint density at radius 1 is 0.267 bits per heavy atom. The predicted octanol–water partition coefficient (Wildman–Crippen LogP) is 21.4. The van der Waals surface area contributed by atoms with Crippen LogP contribution in [0.5, 0.6) is 0 Å². The van der Waals surface area contributed by atoms with Gasteiger partial charge in [-0.05, 0) is 38.5 Å². The van der Waals surface area contributed by atoms with Crippen LogP contribution in [0.15, 0.2) is 12.2 Å². The first-order chi connectivity index (χ1) is 29.8. The summed E-state index contributed by atoms with van der Waals surface area (Å²) in [5, 5.41) is 0. The highest BCUT2D eigenvalue weighted by atomic mass is 16.5. The van der Waals surface area contributed by atoms with Crippen molar-refractivity contribution < 1.29 is 9.53 Å². The SMILES string of the molecule is CCCCCCCCC=CCCCCCCCCCCCC(=O)OCCCCCCCCCCCCCCCCCCCCCCCCCCCCCCCCCCCC. The Balaban J connectivity index is 3.15. The number of rotatable bonds is 54. The molecule has 2 nitrogen and oxygen atoms in total. The summed E-state index contributed by atoms with van der Waals surface area (Å²) >= 11 is 0. The second kappa shape index (κ2) is 56.2. The van der Waals surface area contributed by atoms with E-state index in [2.05, 4.69) is 26.0 Å². The molecule has 0 saturated heterocycles. The number of unbranched alkanes of at least 4 members (excludes halogenated alkanes) is 48. The molecule has 0 rings (SSSR count). The van der Waals surface area contributed by atoms with Crippen molar-refractivity contribution in [2.75, 3.05) is 6.61 Å². The Bertz CT molecular complexity index is 788. The minimum Gasteiger partial charge on any atom is -0.466 e.